The van der Waals surface area contributed by atoms with E-state index in [1.54, 1.807) is 6.08 Å². The zero-order valence-electron chi connectivity index (χ0n) is 52.9. The van der Waals surface area contributed by atoms with E-state index >= 15 is 0 Å². The fourth-order valence-corrected chi connectivity index (χ4v) is 10.6. The van der Waals surface area contributed by atoms with E-state index in [2.05, 4.69) is 67.8 Å². The van der Waals surface area contributed by atoms with Gasteiger partial charge in [0.1, 0.15) is 0 Å². The van der Waals surface area contributed by atoms with Gasteiger partial charge in [0.2, 0.25) is 5.91 Å². The first-order valence-electron chi connectivity index (χ1n) is 35.1. The maximum absolute atomic E-state index is 12.5. The lowest BCUT2D eigenvalue weighted by Crippen LogP contribution is -2.45. The van der Waals surface area contributed by atoms with Crippen molar-refractivity contribution in [3.8, 4) is 0 Å². The summed E-state index contributed by atoms with van der Waals surface area (Å²) in [6, 6.07) is -0.627. The molecule has 0 aliphatic rings. The van der Waals surface area contributed by atoms with Gasteiger partial charge >= 0.3 is 5.97 Å². The molecule has 79 heavy (non-hydrogen) atoms. The fourth-order valence-electron chi connectivity index (χ4n) is 10.6. The standard InChI is InChI=1S/C73H135NO5/c1-3-5-7-9-11-13-15-17-38-43-47-51-55-59-63-67-73(78)79-68-64-60-56-52-48-44-40-37-35-33-31-29-27-25-23-21-19-20-22-24-26-28-30-32-34-36-39-42-46-50-54-58-62-66-72(77)74-70(69-75)71(76)65-61-57-53-49-45-41-18-16-14-12-10-8-6-4-2/h11,13,17,23,25,29,31,38,61,65,70-71,75-76H,3-10,12,14-16,18-22,24,26-28,30,32-37,39-60,62-64,66-69H2,1-2H3,(H,74,77)/b13-11-,25-23-,31-29-,38-17-,65-61+. The molecule has 3 N–H and O–H groups in total. The summed E-state index contributed by atoms with van der Waals surface area (Å²) in [4.78, 5) is 24.5. The summed E-state index contributed by atoms with van der Waals surface area (Å²) in [5, 5.41) is 23.1. The third-order valence-corrected chi connectivity index (χ3v) is 16.0. The number of hydrogen-bond donors (Lipinski definition) is 3. The van der Waals surface area contributed by atoms with Crippen LogP contribution in [0.2, 0.25) is 0 Å². The van der Waals surface area contributed by atoms with Gasteiger partial charge in [-0.1, -0.05) is 319 Å². The number of ether oxygens (including phenoxy) is 1. The van der Waals surface area contributed by atoms with Gasteiger partial charge in [-0.2, -0.15) is 0 Å². The van der Waals surface area contributed by atoms with E-state index in [0.29, 0.717) is 19.4 Å². The largest absolute Gasteiger partial charge is 0.466 e. The molecule has 0 spiro atoms. The number of aliphatic hydroxyl groups is 2. The first-order chi connectivity index (χ1) is 39.0. The second kappa shape index (κ2) is 68.1. The van der Waals surface area contributed by atoms with Crippen LogP contribution in [0.4, 0.5) is 0 Å². The van der Waals surface area contributed by atoms with Crippen molar-refractivity contribution >= 4 is 11.9 Å². The third kappa shape index (κ3) is 64.6. The molecule has 0 aromatic heterocycles. The van der Waals surface area contributed by atoms with Crippen molar-refractivity contribution in [3.05, 3.63) is 60.8 Å². The van der Waals surface area contributed by atoms with Gasteiger partial charge in [-0.25, -0.2) is 0 Å². The highest BCUT2D eigenvalue weighted by atomic mass is 16.5. The van der Waals surface area contributed by atoms with Gasteiger partial charge in [-0.15, -0.1) is 0 Å². The third-order valence-electron chi connectivity index (χ3n) is 16.0. The highest BCUT2D eigenvalue weighted by Gasteiger charge is 2.18. The number of unbranched alkanes of at least 4 members (excludes halogenated alkanes) is 46. The number of amides is 1. The molecule has 6 heteroatoms. The highest BCUT2D eigenvalue weighted by molar-refractivity contribution is 5.76. The van der Waals surface area contributed by atoms with E-state index in [1.807, 2.05) is 6.08 Å². The molecule has 462 valence electrons. The van der Waals surface area contributed by atoms with E-state index in [1.165, 1.54) is 283 Å². The number of hydrogen-bond acceptors (Lipinski definition) is 5. The molecule has 0 aromatic rings. The first-order valence-corrected chi connectivity index (χ1v) is 35.1. The molecule has 0 fully saturated rings. The summed E-state index contributed by atoms with van der Waals surface area (Å²) in [6.45, 7) is 4.88. The van der Waals surface area contributed by atoms with Gasteiger partial charge in [-0.05, 0) is 96.3 Å². The van der Waals surface area contributed by atoms with E-state index in [-0.39, 0.29) is 18.5 Å². The zero-order chi connectivity index (χ0) is 57.1. The van der Waals surface area contributed by atoms with Gasteiger partial charge in [-0.3, -0.25) is 9.59 Å². The topological polar surface area (TPSA) is 95.9 Å². The van der Waals surface area contributed by atoms with Crippen molar-refractivity contribution in [2.45, 2.75) is 379 Å². The van der Waals surface area contributed by atoms with E-state index in [4.69, 9.17) is 4.74 Å². The Kier molecular flexibility index (Phi) is 66.0. The monoisotopic (exact) mass is 1110 g/mol. The van der Waals surface area contributed by atoms with Crippen LogP contribution in [0.25, 0.3) is 0 Å². The quantitative estimate of drug-likeness (QED) is 0.0320. The Bertz CT molecular complexity index is 1370. The molecule has 0 rings (SSSR count). The van der Waals surface area contributed by atoms with E-state index in [0.717, 1.165) is 57.8 Å². The molecule has 2 unspecified atom stereocenters. The molecule has 0 aromatic carbocycles. The number of carbonyl (C=O) groups excluding carboxylic acids is 2. The summed E-state index contributed by atoms with van der Waals surface area (Å²) in [6.07, 6.45) is 90.2. The summed E-state index contributed by atoms with van der Waals surface area (Å²) in [7, 11) is 0. The average Bonchev–Trinajstić information content (AvgIpc) is 3.45. The second-order valence-electron chi connectivity index (χ2n) is 23.9. The Morgan fingerprint density at radius 3 is 0.987 bits per heavy atom. The van der Waals surface area contributed by atoms with Crippen LogP contribution in [0.15, 0.2) is 60.8 Å². The average molecular weight is 1110 g/mol. The number of rotatable bonds is 65. The molecular weight excluding hydrogens is 971 g/mol. The molecule has 0 saturated carbocycles. The van der Waals surface area contributed by atoms with Crippen molar-refractivity contribution in [3.63, 3.8) is 0 Å². The summed E-state index contributed by atoms with van der Waals surface area (Å²) in [5.74, 6) is -0.0656. The van der Waals surface area contributed by atoms with Crippen LogP contribution in [-0.2, 0) is 14.3 Å². The zero-order valence-corrected chi connectivity index (χ0v) is 52.9. The van der Waals surface area contributed by atoms with Crippen LogP contribution in [0, 0.1) is 0 Å². The van der Waals surface area contributed by atoms with Gasteiger partial charge < -0.3 is 20.3 Å². The highest BCUT2D eigenvalue weighted by Crippen LogP contribution is 2.18. The van der Waals surface area contributed by atoms with Gasteiger partial charge in [0.25, 0.3) is 0 Å². The first kappa shape index (κ1) is 76.6. The van der Waals surface area contributed by atoms with Crippen molar-refractivity contribution in [1.82, 2.24) is 5.32 Å². The second-order valence-corrected chi connectivity index (χ2v) is 23.9. The molecule has 1 amide bonds. The Labute approximate surface area is 492 Å². The number of esters is 1. The summed E-state index contributed by atoms with van der Waals surface area (Å²) >= 11 is 0. The predicted octanol–water partition coefficient (Wildman–Crippen LogP) is 22.6. The smallest absolute Gasteiger partial charge is 0.305 e. The van der Waals surface area contributed by atoms with Crippen LogP contribution < -0.4 is 5.32 Å². The van der Waals surface area contributed by atoms with Crippen LogP contribution in [-0.4, -0.2) is 47.4 Å². The van der Waals surface area contributed by atoms with Crippen LogP contribution >= 0.6 is 0 Å². The Morgan fingerprint density at radius 1 is 0.354 bits per heavy atom. The minimum atomic E-state index is -0.843. The normalized spacial score (nSPS) is 12.9. The predicted molar refractivity (Wildman–Crippen MR) is 347 cm³/mol. The lowest BCUT2D eigenvalue weighted by Gasteiger charge is -2.20. The van der Waals surface area contributed by atoms with Crippen LogP contribution in [0.1, 0.15) is 367 Å². The minimum Gasteiger partial charge on any atom is -0.466 e. The van der Waals surface area contributed by atoms with Crippen molar-refractivity contribution < 1.29 is 24.5 Å². The summed E-state index contributed by atoms with van der Waals surface area (Å²) in [5.41, 5.74) is 0. The molecule has 0 bridgehead atoms. The van der Waals surface area contributed by atoms with E-state index < -0.39 is 12.1 Å². The summed E-state index contributed by atoms with van der Waals surface area (Å²) < 4.78 is 5.48. The number of carbonyl (C=O) groups is 2. The number of allylic oxidation sites excluding steroid dienone is 9. The van der Waals surface area contributed by atoms with Crippen molar-refractivity contribution in [1.29, 1.82) is 0 Å². The molecule has 2 atom stereocenters. The molecule has 0 heterocycles. The van der Waals surface area contributed by atoms with Crippen LogP contribution in [0.5, 0.6) is 0 Å². The molecule has 0 aliphatic heterocycles. The molecule has 6 nitrogen and oxygen atoms in total. The van der Waals surface area contributed by atoms with Crippen molar-refractivity contribution in [2.24, 2.45) is 0 Å². The Morgan fingerprint density at radius 2 is 0.633 bits per heavy atom. The Hall–Kier alpha value is -2.44. The fraction of sp³-hybridized carbons (Fsp3) is 0.836. The Balaban J connectivity index is 3.40. The molecular formula is C73H135NO5. The van der Waals surface area contributed by atoms with Crippen LogP contribution in [0.3, 0.4) is 0 Å². The van der Waals surface area contributed by atoms with Gasteiger partial charge in [0.05, 0.1) is 25.4 Å². The van der Waals surface area contributed by atoms with Gasteiger partial charge in [0.15, 0.2) is 0 Å². The molecule has 0 saturated heterocycles. The lowest BCUT2D eigenvalue weighted by molar-refractivity contribution is -0.143. The van der Waals surface area contributed by atoms with E-state index in [9.17, 15) is 19.8 Å². The van der Waals surface area contributed by atoms with Gasteiger partial charge in [0, 0.05) is 12.8 Å². The molecule has 0 radical (unpaired) electrons. The maximum Gasteiger partial charge on any atom is 0.305 e. The maximum atomic E-state index is 12.5. The number of aliphatic hydroxyl groups excluding tert-OH is 2. The minimum absolute atomic E-state index is 0.000385. The van der Waals surface area contributed by atoms with Crippen molar-refractivity contribution in [2.75, 3.05) is 13.2 Å². The molecule has 0 aliphatic carbocycles. The number of nitrogens with one attached hydrogen (secondary N) is 1. The SMILES string of the molecule is CCCCC/C=C\C/C=C\CCCCCCCC(=O)OCCCCCCCCCCC/C=C\C/C=C\CCCCCCCCCCCCCCCCCCCC(=O)NC(CO)C(O)/C=C/CCCCCCCCCCCCCC. The lowest BCUT2D eigenvalue weighted by atomic mass is 10.0.